The molecule has 1 N–H and O–H groups in total. The second-order valence-corrected chi connectivity index (χ2v) is 5.87. The van der Waals surface area contributed by atoms with E-state index >= 15 is 0 Å². The Balaban J connectivity index is 3.01. The van der Waals surface area contributed by atoms with Crippen molar-refractivity contribution in [3.63, 3.8) is 0 Å². The molecule has 0 aromatic carbocycles. The molecule has 106 valence electrons. The SMILES string of the molecule is COC(OC)c1cnc(Br)c(NC(=O)C(C)(C)C)c1. The lowest BCUT2D eigenvalue weighted by Gasteiger charge is -2.19. The summed E-state index contributed by atoms with van der Waals surface area (Å²) in [6, 6.07) is 1.78. The van der Waals surface area contributed by atoms with Crippen LogP contribution in [0.4, 0.5) is 5.69 Å². The van der Waals surface area contributed by atoms with Crippen molar-refractivity contribution in [2.75, 3.05) is 19.5 Å². The zero-order valence-electron chi connectivity index (χ0n) is 11.8. The van der Waals surface area contributed by atoms with Gasteiger partial charge in [-0.25, -0.2) is 4.98 Å². The van der Waals surface area contributed by atoms with Gasteiger partial charge in [-0.15, -0.1) is 0 Å². The second-order valence-electron chi connectivity index (χ2n) is 5.11. The number of pyridine rings is 1. The number of rotatable bonds is 4. The first kappa shape index (κ1) is 16.1. The van der Waals surface area contributed by atoms with Gasteiger partial charge in [0.1, 0.15) is 4.60 Å². The molecule has 0 radical (unpaired) electrons. The molecule has 6 heteroatoms. The van der Waals surface area contributed by atoms with Gasteiger partial charge in [0.05, 0.1) is 5.69 Å². The Kier molecular flexibility index (Phi) is 5.46. The topological polar surface area (TPSA) is 60.5 Å². The van der Waals surface area contributed by atoms with Crippen LogP contribution in [-0.2, 0) is 14.3 Å². The summed E-state index contributed by atoms with van der Waals surface area (Å²) in [5, 5.41) is 2.83. The molecular formula is C13H19BrN2O3. The molecule has 0 spiro atoms. The average Bonchev–Trinajstić information content (AvgIpc) is 2.33. The number of nitrogens with one attached hydrogen (secondary N) is 1. The van der Waals surface area contributed by atoms with Crippen LogP contribution in [-0.4, -0.2) is 25.1 Å². The lowest BCUT2D eigenvalue weighted by molar-refractivity contribution is -0.123. The van der Waals surface area contributed by atoms with Gasteiger partial charge < -0.3 is 14.8 Å². The summed E-state index contributed by atoms with van der Waals surface area (Å²) in [6.45, 7) is 5.54. The number of methoxy groups -OCH3 is 2. The highest BCUT2D eigenvalue weighted by Gasteiger charge is 2.22. The van der Waals surface area contributed by atoms with Crippen molar-refractivity contribution in [2.45, 2.75) is 27.1 Å². The number of halogens is 1. The minimum Gasteiger partial charge on any atom is -0.352 e. The number of ether oxygens (including phenoxy) is 2. The lowest BCUT2D eigenvalue weighted by atomic mass is 9.95. The van der Waals surface area contributed by atoms with Crippen molar-refractivity contribution in [3.8, 4) is 0 Å². The molecule has 0 unspecified atom stereocenters. The van der Waals surface area contributed by atoms with Crippen LogP contribution in [0.5, 0.6) is 0 Å². The average molecular weight is 331 g/mol. The highest BCUT2D eigenvalue weighted by Crippen LogP contribution is 2.27. The van der Waals surface area contributed by atoms with Gasteiger partial charge >= 0.3 is 0 Å². The Morgan fingerprint density at radius 2 is 1.95 bits per heavy atom. The van der Waals surface area contributed by atoms with Crippen LogP contribution < -0.4 is 5.32 Å². The molecule has 19 heavy (non-hydrogen) atoms. The Hall–Kier alpha value is -0.980. The normalized spacial score (nSPS) is 11.7. The largest absolute Gasteiger partial charge is 0.352 e. The van der Waals surface area contributed by atoms with Crippen molar-refractivity contribution in [1.29, 1.82) is 0 Å². The lowest BCUT2D eigenvalue weighted by Crippen LogP contribution is -2.28. The van der Waals surface area contributed by atoms with Crippen LogP contribution in [0, 0.1) is 5.41 Å². The molecule has 1 heterocycles. The molecule has 0 aliphatic heterocycles. The van der Waals surface area contributed by atoms with E-state index in [9.17, 15) is 4.79 Å². The third-order valence-electron chi connectivity index (χ3n) is 2.49. The van der Waals surface area contributed by atoms with Gasteiger partial charge in [-0.05, 0) is 22.0 Å². The molecule has 1 aromatic heterocycles. The summed E-state index contributed by atoms with van der Waals surface area (Å²) in [7, 11) is 3.09. The summed E-state index contributed by atoms with van der Waals surface area (Å²) < 4.78 is 10.9. The van der Waals surface area contributed by atoms with Crippen molar-refractivity contribution in [2.24, 2.45) is 5.41 Å². The quantitative estimate of drug-likeness (QED) is 0.680. The first-order valence-electron chi connectivity index (χ1n) is 5.82. The summed E-state index contributed by atoms with van der Waals surface area (Å²) >= 11 is 3.31. The zero-order valence-corrected chi connectivity index (χ0v) is 13.4. The Bertz CT molecular complexity index is 454. The molecular weight excluding hydrogens is 312 g/mol. The van der Waals surface area contributed by atoms with E-state index < -0.39 is 11.7 Å². The van der Waals surface area contributed by atoms with Crippen LogP contribution in [0.2, 0.25) is 0 Å². The summed E-state index contributed by atoms with van der Waals surface area (Å²) in [4.78, 5) is 16.2. The molecule has 0 aliphatic carbocycles. The molecule has 1 amide bonds. The predicted molar refractivity (Wildman–Crippen MR) is 76.8 cm³/mol. The van der Waals surface area contributed by atoms with E-state index in [4.69, 9.17) is 9.47 Å². The first-order chi connectivity index (χ1) is 8.79. The van der Waals surface area contributed by atoms with E-state index in [1.165, 1.54) is 0 Å². The van der Waals surface area contributed by atoms with Gasteiger partial charge in [0.25, 0.3) is 0 Å². The number of amides is 1. The van der Waals surface area contributed by atoms with Gasteiger partial charge in [0.2, 0.25) is 5.91 Å². The van der Waals surface area contributed by atoms with Crippen molar-refractivity contribution in [1.82, 2.24) is 4.98 Å². The highest BCUT2D eigenvalue weighted by atomic mass is 79.9. The maximum atomic E-state index is 12.0. The van der Waals surface area contributed by atoms with Crippen molar-refractivity contribution < 1.29 is 14.3 Å². The van der Waals surface area contributed by atoms with E-state index in [2.05, 4.69) is 26.2 Å². The molecule has 1 rings (SSSR count). The fraction of sp³-hybridized carbons (Fsp3) is 0.538. The molecule has 5 nitrogen and oxygen atoms in total. The van der Waals surface area contributed by atoms with E-state index in [1.54, 1.807) is 26.5 Å². The Labute approximate surface area is 121 Å². The molecule has 0 fully saturated rings. The van der Waals surface area contributed by atoms with Gasteiger partial charge in [0, 0.05) is 31.4 Å². The minimum absolute atomic E-state index is 0.0847. The van der Waals surface area contributed by atoms with Crippen LogP contribution in [0.25, 0.3) is 0 Å². The molecule has 0 saturated heterocycles. The fourth-order valence-electron chi connectivity index (χ4n) is 1.36. The third-order valence-corrected chi connectivity index (χ3v) is 3.12. The van der Waals surface area contributed by atoms with Crippen molar-refractivity contribution >= 4 is 27.5 Å². The number of carbonyl (C=O) groups is 1. The van der Waals surface area contributed by atoms with Crippen LogP contribution in [0.3, 0.4) is 0 Å². The van der Waals surface area contributed by atoms with Gasteiger partial charge in [-0.1, -0.05) is 20.8 Å². The van der Waals surface area contributed by atoms with Crippen LogP contribution in [0.1, 0.15) is 32.6 Å². The van der Waals surface area contributed by atoms with E-state index in [1.807, 2.05) is 20.8 Å². The second kappa shape index (κ2) is 6.45. The third kappa shape index (κ3) is 4.26. The summed E-state index contributed by atoms with van der Waals surface area (Å²) in [5.41, 5.74) is 0.853. The number of aromatic nitrogens is 1. The fourth-order valence-corrected chi connectivity index (χ4v) is 1.67. The van der Waals surface area contributed by atoms with Gasteiger partial charge in [-0.3, -0.25) is 4.79 Å². The molecule has 0 bridgehead atoms. The Morgan fingerprint density at radius 3 is 2.42 bits per heavy atom. The number of nitrogens with zero attached hydrogens (tertiary/aromatic N) is 1. The van der Waals surface area contributed by atoms with Crippen molar-refractivity contribution in [3.05, 3.63) is 22.4 Å². The van der Waals surface area contributed by atoms with Gasteiger partial charge in [-0.2, -0.15) is 0 Å². The first-order valence-corrected chi connectivity index (χ1v) is 6.61. The van der Waals surface area contributed by atoms with E-state index in [0.717, 1.165) is 5.56 Å². The monoisotopic (exact) mass is 330 g/mol. The smallest absolute Gasteiger partial charge is 0.229 e. The maximum absolute atomic E-state index is 12.0. The Morgan fingerprint density at radius 1 is 1.37 bits per heavy atom. The minimum atomic E-state index is -0.508. The molecule has 0 atom stereocenters. The number of carbonyl (C=O) groups excluding carboxylic acids is 1. The number of anilines is 1. The summed E-state index contributed by atoms with van der Waals surface area (Å²) in [6.07, 6.45) is 1.12. The van der Waals surface area contributed by atoms with E-state index in [0.29, 0.717) is 10.3 Å². The zero-order chi connectivity index (χ0) is 14.6. The van der Waals surface area contributed by atoms with Crippen LogP contribution in [0.15, 0.2) is 16.9 Å². The number of hydrogen-bond acceptors (Lipinski definition) is 4. The summed E-state index contributed by atoms with van der Waals surface area (Å²) in [5.74, 6) is -0.0847. The molecule has 0 aliphatic rings. The number of hydrogen-bond donors (Lipinski definition) is 1. The molecule has 1 aromatic rings. The van der Waals surface area contributed by atoms with Crippen LogP contribution >= 0.6 is 15.9 Å². The van der Waals surface area contributed by atoms with Gasteiger partial charge in [0.15, 0.2) is 6.29 Å². The highest BCUT2D eigenvalue weighted by molar-refractivity contribution is 9.10. The van der Waals surface area contributed by atoms with E-state index in [-0.39, 0.29) is 5.91 Å². The standard InChI is InChI=1S/C13H19BrN2O3/c1-13(2,3)12(17)16-9-6-8(7-15-10(9)14)11(18-4)19-5/h6-7,11H,1-5H3,(H,16,17). The predicted octanol–water partition coefficient (Wildman–Crippen LogP) is 3.12. The maximum Gasteiger partial charge on any atom is 0.229 e. The molecule has 0 saturated carbocycles.